The molecule has 0 spiro atoms. The Morgan fingerprint density at radius 3 is 2.33 bits per heavy atom. The first-order chi connectivity index (χ1) is 8.40. The maximum Gasteiger partial charge on any atom is 0.308 e. The van der Waals surface area contributed by atoms with Crippen LogP contribution in [-0.2, 0) is 14.3 Å². The van der Waals surface area contributed by atoms with Crippen molar-refractivity contribution in [2.24, 2.45) is 0 Å². The van der Waals surface area contributed by atoms with E-state index >= 15 is 0 Å². The molecule has 18 heavy (non-hydrogen) atoms. The van der Waals surface area contributed by atoms with Crippen molar-refractivity contribution >= 4 is 11.9 Å². The topological polar surface area (TPSA) is 70.1 Å². The van der Waals surface area contributed by atoms with E-state index in [1.54, 1.807) is 25.9 Å². The molecule has 1 atom stereocenters. The second-order valence-corrected chi connectivity index (χ2v) is 4.28. The lowest BCUT2D eigenvalue weighted by atomic mass is 10.2. The Labute approximate surface area is 109 Å². The lowest BCUT2D eigenvalue weighted by Gasteiger charge is -2.24. The number of ether oxygens (including phenoxy) is 1. The van der Waals surface area contributed by atoms with E-state index < -0.39 is 12.1 Å². The molecule has 0 aromatic heterocycles. The standard InChI is InChI=1S/C12H24N2O4/c1-5-14(9-11(16)13(3)4)8-10(15)7-12(17)18-6-2/h10,15H,5-9H2,1-4H3. The molecule has 0 saturated carbocycles. The molecule has 0 radical (unpaired) electrons. The molecule has 0 aromatic carbocycles. The van der Waals surface area contributed by atoms with Crippen molar-refractivity contribution in [3.05, 3.63) is 0 Å². The third-order valence-electron chi connectivity index (χ3n) is 2.48. The predicted molar refractivity (Wildman–Crippen MR) is 68.1 cm³/mol. The fourth-order valence-corrected chi connectivity index (χ4v) is 1.41. The third kappa shape index (κ3) is 7.24. The monoisotopic (exact) mass is 260 g/mol. The van der Waals surface area contributed by atoms with E-state index in [0.29, 0.717) is 13.2 Å². The maximum atomic E-state index is 11.5. The Kier molecular flexibility index (Phi) is 8.32. The second-order valence-electron chi connectivity index (χ2n) is 4.28. The van der Waals surface area contributed by atoms with E-state index in [1.165, 1.54) is 4.90 Å². The summed E-state index contributed by atoms with van der Waals surface area (Å²) in [7, 11) is 3.37. The molecule has 0 aliphatic rings. The molecule has 0 bridgehead atoms. The summed E-state index contributed by atoms with van der Waals surface area (Å²) >= 11 is 0. The molecule has 0 fully saturated rings. The summed E-state index contributed by atoms with van der Waals surface area (Å²) in [6.07, 6.45) is -0.848. The Hall–Kier alpha value is -1.14. The minimum absolute atomic E-state index is 0.0276. The largest absolute Gasteiger partial charge is 0.466 e. The highest BCUT2D eigenvalue weighted by atomic mass is 16.5. The van der Waals surface area contributed by atoms with Crippen LogP contribution in [0.15, 0.2) is 0 Å². The van der Waals surface area contributed by atoms with Crippen molar-refractivity contribution in [3.63, 3.8) is 0 Å². The van der Waals surface area contributed by atoms with Crippen molar-refractivity contribution in [3.8, 4) is 0 Å². The summed E-state index contributed by atoms with van der Waals surface area (Å²) in [6, 6.07) is 0. The highest BCUT2D eigenvalue weighted by molar-refractivity contribution is 5.77. The van der Waals surface area contributed by atoms with Gasteiger partial charge in [0.1, 0.15) is 0 Å². The minimum Gasteiger partial charge on any atom is -0.466 e. The molecule has 1 N–H and O–H groups in total. The van der Waals surface area contributed by atoms with Crippen LogP contribution in [0.1, 0.15) is 20.3 Å². The fraction of sp³-hybridized carbons (Fsp3) is 0.833. The van der Waals surface area contributed by atoms with Crippen molar-refractivity contribution in [2.75, 3.05) is 40.3 Å². The molecule has 0 aliphatic carbocycles. The number of nitrogens with zero attached hydrogens (tertiary/aromatic N) is 2. The number of esters is 1. The van der Waals surface area contributed by atoms with Gasteiger partial charge in [-0.1, -0.05) is 6.92 Å². The van der Waals surface area contributed by atoms with Gasteiger partial charge >= 0.3 is 5.97 Å². The van der Waals surface area contributed by atoms with Crippen LogP contribution in [0.3, 0.4) is 0 Å². The zero-order valence-electron chi connectivity index (χ0n) is 11.7. The predicted octanol–water partition coefficient (Wildman–Crippen LogP) is -0.289. The zero-order chi connectivity index (χ0) is 14.1. The van der Waals surface area contributed by atoms with E-state index in [-0.39, 0.29) is 25.4 Å². The number of rotatable bonds is 8. The SMILES string of the molecule is CCOC(=O)CC(O)CN(CC)CC(=O)N(C)C. The molecular formula is C12H24N2O4. The molecule has 6 nitrogen and oxygen atoms in total. The van der Waals surface area contributed by atoms with Crippen LogP contribution < -0.4 is 0 Å². The summed E-state index contributed by atoms with van der Waals surface area (Å²) in [5.41, 5.74) is 0. The van der Waals surface area contributed by atoms with Crippen molar-refractivity contribution in [1.29, 1.82) is 0 Å². The van der Waals surface area contributed by atoms with Gasteiger partial charge in [0.2, 0.25) is 5.91 Å². The smallest absolute Gasteiger partial charge is 0.308 e. The molecule has 0 aromatic rings. The van der Waals surface area contributed by atoms with Crippen LogP contribution in [-0.4, -0.2) is 73.2 Å². The van der Waals surface area contributed by atoms with E-state index in [2.05, 4.69) is 0 Å². The molecule has 1 unspecified atom stereocenters. The first kappa shape index (κ1) is 16.9. The number of aliphatic hydroxyl groups is 1. The van der Waals surface area contributed by atoms with E-state index in [0.717, 1.165) is 0 Å². The lowest BCUT2D eigenvalue weighted by Crippen LogP contribution is -2.40. The number of aliphatic hydroxyl groups excluding tert-OH is 1. The third-order valence-corrected chi connectivity index (χ3v) is 2.48. The van der Waals surface area contributed by atoms with E-state index in [9.17, 15) is 14.7 Å². The van der Waals surface area contributed by atoms with Gasteiger partial charge in [0.15, 0.2) is 0 Å². The number of hydrogen-bond acceptors (Lipinski definition) is 5. The summed E-state index contributed by atoms with van der Waals surface area (Å²) in [5, 5.41) is 9.73. The molecule has 0 saturated heterocycles. The van der Waals surface area contributed by atoms with Crippen molar-refractivity contribution in [2.45, 2.75) is 26.4 Å². The number of hydrogen-bond donors (Lipinski definition) is 1. The quantitative estimate of drug-likeness (QED) is 0.607. The Bertz CT molecular complexity index is 269. The highest BCUT2D eigenvalue weighted by Gasteiger charge is 2.17. The summed E-state index contributed by atoms with van der Waals surface area (Å²) in [4.78, 5) is 26.0. The molecule has 0 rings (SSSR count). The summed E-state index contributed by atoms with van der Waals surface area (Å²) in [6.45, 7) is 5.10. The van der Waals surface area contributed by atoms with Crippen LogP contribution in [0.4, 0.5) is 0 Å². The van der Waals surface area contributed by atoms with Crippen LogP contribution in [0, 0.1) is 0 Å². The van der Waals surface area contributed by atoms with Gasteiger partial charge in [-0.15, -0.1) is 0 Å². The normalized spacial score (nSPS) is 12.3. The van der Waals surface area contributed by atoms with Crippen LogP contribution >= 0.6 is 0 Å². The first-order valence-corrected chi connectivity index (χ1v) is 6.16. The number of carbonyl (C=O) groups is 2. The fourth-order valence-electron chi connectivity index (χ4n) is 1.41. The number of carbonyl (C=O) groups excluding carboxylic acids is 2. The molecule has 0 heterocycles. The average Bonchev–Trinajstić information content (AvgIpc) is 2.27. The second kappa shape index (κ2) is 8.88. The first-order valence-electron chi connectivity index (χ1n) is 6.16. The van der Waals surface area contributed by atoms with Gasteiger partial charge in [0, 0.05) is 20.6 Å². The molecule has 1 amide bonds. The van der Waals surface area contributed by atoms with Gasteiger partial charge in [0.25, 0.3) is 0 Å². The molecule has 0 aliphatic heterocycles. The highest BCUT2D eigenvalue weighted by Crippen LogP contribution is 2.00. The van der Waals surface area contributed by atoms with Crippen molar-refractivity contribution < 1.29 is 19.4 Å². The molecule has 106 valence electrons. The maximum absolute atomic E-state index is 11.5. The van der Waals surface area contributed by atoms with E-state index in [4.69, 9.17) is 4.74 Å². The summed E-state index contributed by atoms with van der Waals surface area (Å²) in [5.74, 6) is -0.444. The van der Waals surface area contributed by atoms with Gasteiger partial charge in [0.05, 0.1) is 25.7 Å². The van der Waals surface area contributed by atoms with Crippen LogP contribution in [0.25, 0.3) is 0 Å². The Morgan fingerprint density at radius 1 is 1.28 bits per heavy atom. The van der Waals surface area contributed by atoms with Gasteiger partial charge in [-0.2, -0.15) is 0 Å². The van der Waals surface area contributed by atoms with Gasteiger partial charge in [-0.25, -0.2) is 0 Å². The number of likely N-dealkylation sites (N-methyl/N-ethyl adjacent to an activating group) is 2. The van der Waals surface area contributed by atoms with Crippen LogP contribution in [0.2, 0.25) is 0 Å². The van der Waals surface area contributed by atoms with Gasteiger partial charge in [-0.05, 0) is 13.5 Å². The van der Waals surface area contributed by atoms with E-state index in [1.807, 2.05) is 6.92 Å². The molecule has 6 heteroatoms. The van der Waals surface area contributed by atoms with Gasteiger partial charge in [-0.3, -0.25) is 14.5 Å². The zero-order valence-corrected chi connectivity index (χ0v) is 11.7. The minimum atomic E-state index is -0.807. The lowest BCUT2D eigenvalue weighted by molar-refractivity contribution is -0.145. The van der Waals surface area contributed by atoms with Gasteiger partial charge < -0.3 is 14.7 Å². The van der Waals surface area contributed by atoms with Crippen molar-refractivity contribution in [1.82, 2.24) is 9.80 Å². The average molecular weight is 260 g/mol. The van der Waals surface area contributed by atoms with Crippen LogP contribution in [0.5, 0.6) is 0 Å². The Balaban J connectivity index is 4.11. The Morgan fingerprint density at radius 2 is 1.89 bits per heavy atom. The number of amides is 1. The summed E-state index contributed by atoms with van der Waals surface area (Å²) < 4.78 is 4.75. The molecular weight excluding hydrogens is 236 g/mol.